The van der Waals surface area contributed by atoms with Gasteiger partial charge in [0.25, 0.3) is 0 Å². The van der Waals surface area contributed by atoms with E-state index in [1.807, 2.05) is 5.38 Å². The van der Waals surface area contributed by atoms with Gasteiger partial charge in [0.1, 0.15) is 5.54 Å². The van der Waals surface area contributed by atoms with Crippen molar-refractivity contribution in [3.05, 3.63) is 21.9 Å². The topological polar surface area (TPSA) is 66.4 Å². The number of amides is 1. The number of nitrogens with one attached hydrogen (secondary N) is 1. The molecule has 3 rings (SSSR count). The molecule has 20 heavy (non-hydrogen) atoms. The molecule has 1 amide bonds. The summed E-state index contributed by atoms with van der Waals surface area (Å²) in [7, 11) is 0. The van der Waals surface area contributed by atoms with Crippen LogP contribution in [0, 0.1) is 12.8 Å². The van der Waals surface area contributed by atoms with Crippen molar-refractivity contribution >= 4 is 35.0 Å². The van der Waals surface area contributed by atoms with Crippen molar-refractivity contribution in [2.75, 3.05) is 11.5 Å². The second-order valence-corrected chi connectivity index (χ2v) is 7.65. The van der Waals surface area contributed by atoms with Gasteiger partial charge in [-0.15, -0.1) is 11.3 Å². The molecule has 1 aromatic rings. The standard InChI is InChI=1S/C14H17NO3S2/c1-8-2-4-20-11(8)9-6-10(9)12(16)15-14(13(17)18)3-5-19-7-14/h2,4,9-10H,3,5-7H2,1H3,(H,15,16)(H,17,18). The number of thioether (sulfide) groups is 1. The summed E-state index contributed by atoms with van der Waals surface area (Å²) in [6.45, 7) is 2.06. The van der Waals surface area contributed by atoms with Gasteiger partial charge in [0, 0.05) is 22.5 Å². The zero-order chi connectivity index (χ0) is 14.3. The quantitative estimate of drug-likeness (QED) is 0.895. The van der Waals surface area contributed by atoms with Crippen LogP contribution in [0.25, 0.3) is 0 Å². The second-order valence-electron chi connectivity index (χ2n) is 5.60. The fourth-order valence-electron chi connectivity index (χ4n) is 2.75. The van der Waals surface area contributed by atoms with Gasteiger partial charge in [-0.25, -0.2) is 4.79 Å². The van der Waals surface area contributed by atoms with E-state index in [0.717, 1.165) is 12.2 Å². The molecule has 0 bridgehead atoms. The Kier molecular flexibility index (Phi) is 3.54. The smallest absolute Gasteiger partial charge is 0.330 e. The fourth-order valence-corrected chi connectivity index (χ4v) is 5.19. The monoisotopic (exact) mass is 311 g/mol. The first-order chi connectivity index (χ1) is 9.53. The zero-order valence-electron chi connectivity index (χ0n) is 11.2. The van der Waals surface area contributed by atoms with Crippen molar-refractivity contribution < 1.29 is 14.7 Å². The largest absolute Gasteiger partial charge is 0.479 e. The summed E-state index contributed by atoms with van der Waals surface area (Å²) in [5.74, 6) is 0.519. The summed E-state index contributed by atoms with van der Waals surface area (Å²) >= 11 is 3.28. The van der Waals surface area contributed by atoms with Crippen LogP contribution in [-0.4, -0.2) is 34.0 Å². The lowest BCUT2D eigenvalue weighted by Gasteiger charge is -2.24. The summed E-state index contributed by atoms with van der Waals surface area (Å²) in [6, 6.07) is 2.07. The van der Waals surface area contributed by atoms with Gasteiger partial charge in [-0.05, 0) is 42.5 Å². The highest BCUT2D eigenvalue weighted by Crippen LogP contribution is 2.50. The van der Waals surface area contributed by atoms with E-state index in [0.29, 0.717) is 12.2 Å². The minimum Gasteiger partial charge on any atom is -0.479 e. The van der Waals surface area contributed by atoms with Crippen LogP contribution in [0.4, 0.5) is 0 Å². The number of carbonyl (C=O) groups excluding carboxylic acids is 1. The van der Waals surface area contributed by atoms with E-state index in [1.54, 1.807) is 23.1 Å². The Balaban J connectivity index is 1.67. The molecular formula is C14H17NO3S2. The van der Waals surface area contributed by atoms with Crippen LogP contribution < -0.4 is 5.32 Å². The highest BCUT2D eigenvalue weighted by molar-refractivity contribution is 7.99. The number of hydrogen-bond acceptors (Lipinski definition) is 4. The summed E-state index contributed by atoms with van der Waals surface area (Å²) in [4.78, 5) is 25.0. The maximum absolute atomic E-state index is 12.3. The Morgan fingerprint density at radius 2 is 2.30 bits per heavy atom. The van der Waals surface area contributed by atoms with Crippen LogP contribution in [0.5, 0.6) is 0 Å². The molecular weight excluding hydrogens is 294 g/mol. The minimum absolute atomic E-state index is 0.0471. The number of hydrogen-bond donors (Lipinski definition) is 2. The first-order valence-corrected chi connectivity index (χ1v) is 8.74. The van der Waals surface area contributed by atoms with Gasteiger partial charge in [-0.3, -0.25) is 4.79 Å². The van der Waals surface area contributed by atoms with E-state index in [-0.39, 0.29) is 17.7 Å². The molecule has 2 fully saturated rings. The number of carboxylic acid groups (broad SMARTS) is 1. The molecule has 3 unspecified atom stereocenters. The van der Waals surface area contributed by atoms with E-state index < -0.39 is 11.5 Å². The maximum Gasteiger partial charge on any atom is 0.330 e. The Morgan fingerprint density at radius 3 is 2.85 bits per heavy atom. The van der Waals surface area contributed by atoms with Crippen LogP contribution in [0.15, 0.2) is 11.4 Å². The van der Waals surface area contributed by atoms with E-state index in [9.17, 15) is 14.7 Å². The molecule has 1 aromatic heterocycles. The molecule has 2 N–H and O–H groups in total. The van der Waals surface area contributed by atoms with E-state index in [4.69, 9.17) is 0 Å². The van der Waals surface area contributed by atoms with Gasteiger partial charge in [0.15, 0.2) is 0 Å². The summed E-state index contributed by atoms with van der Waals surface area (Å²) in [6.07, 6.45) is 1.37. The lowest BCUT2D eigenvalue weighted by Crippen LogP contribution is -2.55. The van der Waals surface area contributed by atoms with Crippen LogP contribution >= 0.6 is 23.1 Å². The molecule has 0 aromatic carbocycles. The predicted octanol–water partition coefficient (Wildman–Crippen LogP) is 2.24. The molecule has 4 nitrogen and oxygen atoms in total. The molecule has 3 atom stereocenters. The van der Waals surface area contributed by atoms with Gasteiger partial charge in [-0.1, -0.05) is 0 Å². The Labute approximate surface area is 125 Å². The molecule has 0 spiro atoms. The first-order valence-electron chi connectivity index (χ1n) is 6.71. The molecule has 1 aliphatic heterocycles. The summed E-state index contributed by atoms with van der Waals surface area (Å²) < 4.78 is 0. The Morgan fingerprint density at radius 1 is 1.50 bits per heavy atom. The lowest BCUT2D eigenvalue weighted by atomic mass is 9.98. The van der Waals surface area contributed by atoms with E-state index in [1.165, 1.54) is 10.4 Å². The fraction of sp³-hybridized carbons (Fsp3) is 0.571. The average Bonchev–Trinajstić information content (AvgIpc) is 2.84. The highest BCUT2D eigenvalue weighted by Gasteiger charge is 2.50. The third kappa shape index (κ3) is 2.35. The number of aryl methyl sites for hydroxylation is 1. The van der Waals surface area contributed by atoms with E-state index >= 15 is 0 Å². The third-order valence-corrected chi connectivity index (χ3v) is 6.50. The van der Waals surface area contributed by atoms with E-state index in [2.05, 4.69) is 18.3 Å². The normalized spacial score (nSPS) is 32.0. The van der Waals surface area contributed by atoms with Crippen LogP contribution in [-0.2, 0) is 9.59 Å². The lowest BCUT2D eigenvalue weighted by molar-refractivity contribution is -0.146. The number of thiophene rings is 1. The molecule has 1 saturated carbocycles. The van der Waals surface area contributed by atoms with Gasteiger partial charge >= 0.3 is 5.97 Å². The van der Waals surface area contributed by atoms with Gasteiger partial charge in [0.2, 0.25) is 5.91 Å². The van der Waals surface area contributed by atoms with Gasteiger partial charge < -0.3 is 10.4 Å². The molecule has 1 aliphatic carbocycles. The van der Waals surface area contributed by atoms with Crippen LogP contribution in [0.1, 0.15) is 29.2 Å². The SMILES string of the molecule is Cc1ccsc1C1CC1C(=O)NC1(C(=O)O)CCSC1. The summed E-state index contributed by atoms with van der Waals surface area (Å²) in [5, 5.41) is 14.2. The van der Waals surface area contributed by atoms with Gasteiger partial charge in [0.05, 0.1) is 0 Å². The van der Waals surface area contributed by atoms with Crippen LogP contribution in [0.2, 0.25) is 0 Å². The maximum atomic E-state index is 12.3. The molecule has 0 radical (unpaired) electrons. The third-order valence-electron chi connectivity index (χ3n) is 4.16. The highest BCUT2D eigenvalue weighted by atomic mass is 32.2. The number of aliphatic carboxylic acids is 1. The van der Waals surface area contributed by atoms with Crippen LogP contribution in [0.3, 0.4) is 0 Å². The number of rotatable bonds is 4. The van der Waals surface area contributed by atoms with Gasteiger partial charge in [-0.2, -0.15) is 11.8 Å². The van der Waals surface area contributed by atoms with Crippen molar-refractivity contribution in [3.63, 3.8) is 0 Å². The summed E-state index contributed by atoms with van der Waals surface area (Å²) in [5.41, 5.74) is 0.194. The number of carbonyl (C=O) groups is 2. The van der Waals surface area contributed by atoms with Crippen molar-refractivity contribution in [3.8, 4) is 0 Å². The molecule has 1 saturated heterocycles. The Hall–Kier alpha value is -1.01. The molecule has 6 heteroatoms. The first kappa shape index (κ1) is 13.9. The average molecular weight is 311 g/mol. The molecule has 2 heterocycles. The number of carboxylic acids is 1. The second kappa shape index (κ2) is 5.07. The predicted molar refractivity (Wildman–Crippen MR) is 80.4 cm³/mol. The van der Waals surface area contributed by atoms with Crippen molar-refractivity contribution in [2.24, 2.45) is 5.92 Å². The van der Waals surface area contributed by atoms with Crippen molar-refractivity contribution in [1.29, 1.82) is 0 Å². The van der Waals surface area contributed by atoms with Crippen molar-refractivity contribution in [1.82, 2.24) is 5.32 Å². The molecule has 2 aliphatic rings. The molecule has 108 valence electrons. The minimum atomic E-state index is -1.04. The van der Waals surface area contributed by atoms with Crippen molar-refractivity contribution in [2.45, 2.75) is 31.2 Å². The zero-order valence-corrected chi connectivity index (χ0v) is 12.9. The Bertz CT molecular complexity index is 548.